The van der Waals surface area contributed by atoms with Crippen LogP contribution in [0.1, 0.15) is 11.7 Å². The van der Waals surface area contributed by atoms with Crippen LogP contribution in [-0.2, 0) is 7.05 Å². The summed E-state index contributed by atoms with van der Waals surface area (Å²) in [5.41, 5.74) is 3.07. The summed E-state index contributed by atoms with van der Waals surface area (Å²) in [5, 5.41) is 15.8. The van der Waals surface area contributed by atoms with Gasteiger partial charge in [0.2, 0.25) is 0 Å². The van der Waals surface area contributed by atoms with Crippen molar-refractivity contribution in [1.82, 2.24) is 30.1 Å². The molecule has 6 nitrogen and oxygen atoms in total. The lowest BCUT2D eigenvalue weighted by atomic mass is 10.2. The third-order valence-corrected chi connectivity index (χ3v) is 3.16. The molecule has 2 aromatic heterocycles. The molecule has 0 atom stereocenters. The maximum atomic E-state index is 4.21. The molecule has 3 rings (SSSR count). The Hall–Kier alpha value is -1.69. The first-order valence-electron chi connectivity index (χ1n) is 5.37. The van der Waals surface area contributed by atoms with Crippen molar-refractivity contribution in [1.29, 1.82) is 0 Å². The van der Waals surface area contributed by atoms with E-state index < -0.39 is 0 Å². The van der Waals surface area contributed by atoms with Crippen LogP contribution in [0.2, 0.25) is 0 Å². The van der Waals surface area contributed by atoms with Gasteiger partial charge in [0.25, 0.3) is 0 Å². The maximum absolute atomic E-state index is 4.21. The Morgan fingerprint density at radius 1 is 1.44 bits per heavy atom. The van der Waals surface area contributed by atoms with Crippen molar-refractivity contribution in [2.45, 2.75) is 13.0 Å². The van der Waals surface area contributed by atoms with Crippen molar-refractivity contribution < 1.29 is 0 Å². The van der Waals surface area contributed by atoms with Gasteiger partial charge in [-0.05, 0) is 6.92 Å². The summed E-state index contributed by atoms with van der Waals surface area (Å²) in [6.45, 7) is 4.00. The predicted octanol–water partition coefficient (Wildman–Crippen LogP) is 0.131. The highest BCUT2D eigenvalue weighted by Crippen LogP contribution is 2.21. The van der Waals surface area contributed by atoms with Crippen LogP contribution in [0.5, 0.6) is 0 Å². The smallest absolute Gasteiger partial charge is 0.116 e. The lowest BCUT2D eigenvalue weighted by Crippen LogP contribution is -2.43. The van der Waals surface area contributed by atoms with E-state index in [1.807, 2.05) is 35.7 Å². The van der Waals surface area contributed by atoms with E-state index in [1.54, 1.807) is 0 Å². The van der Waals surface area contributed by atoms with Gasteiger partial charge >= 0.3 is 0 Å². The van der Waals surface area contributed by atoms with E-state index in [4.69, 9.17) is 0 Å². The molecule has 6 heteroatoms. The Balaban J connectivity index is 1.94. The lowest BCUT2D eigenvalue weighted by molar-refractivity contribution is 0.313. The zero-order valence-electron chi connectivity index (χ0n) is 9.38. The number of hydrogen-bond acceptors (Lipinski definition) is 4. The summed E-state index contributed by atoms with van der Waals surface area (Å²) in [6.07, 6.45) is 3.83. The van der Waals surface area contributed by atoms with E-state index in [0.29, 0.717) is 6.04 Å². The highest BCUT2D eigenvalue weighted by molar-refractivity contribution is 5.59. The third-order valence-electron chi connectivity index (χ3n) is 3.16. The summed E-state index contributed by atoms with van der Waals surface area (Å²) in [6, 6.07) is 0.457. The van der Waals surface area contributed by atoms with E-state index in [-0.39, 0.29) is 0 Å². The predicted molar refractivity (Wildman–Crippen MR) is 58.9 cm³/mol. The van der Waals surface area contributed by atoms with Gasteiger partial charge in [-0.1, -0.05) is 5.21 Å². The molecule has 84 valence electrons. The lowest BCUT2D eigenvalue weighted by Gasteiger charge is -2.26. The Morgan fingerprint density at radius 3 is 2.81 bits per heavy atom. The molecule has 0 unspecified atom stereocenters. The van der Waals surface area contributed by atoms with E-state index in [2.05, 4.69) is 20.7 Å². The van der Waals surface area contributed by atoms with Crippen LogP contribution >= 0.6 is 0 Å². The summed E-state index contributed by atoms with van der Waals surface area (Å²) in [5.74, 6) is 0. The van der Waals surface area contributed by atoms with Gasteiger partial charge in [0.05, 0.1) is 18.4 Å². The monoisotopic (exact) mass is 218 g/mol. The molecule has 1 N–H and O–H groups in total. The second-order valence-electron chi connectivity index (χ2n) is 4.16. The van der Waals surface area contributed by atoms with Crippen LogP contribution in [0.25, 0.3) is 11.3 Å². The molecule has 0 bridgehead atoms. The Bertz CT molecular complexity index is 507. The first kappa shape index (κ1) is 9.53. The van der Waals surface area contributed by atoms with Gasteiger partial charge in [-0.15, -0.1) is 5.10 Å². The van der Waals surface area contributed by atoms with Gasteiger partial charge in [-0.2, -0.15) is 5.10 Å². The zero-order valence-corrected chi connectivity index (χ0v) is 9.38. The average Bonchev–Trinajstić information content (AvgIpc) is 2.74. The number of aryl methyl sites for hydroxylation is 1. The quantitative estimate of drug-likeness (QED) is 0.778. The molecule has 16 heavy (non-hydrogen) atoms. The molecule has 2 aromatic rings. The topological polar surface area (TPSA) is 60.6 Å². The number of hydrogen-bond donors (Lipinski definition) is 1. The summed E-state index contributed by atoms with van der Waals surface area (Å²) in [4.78, 5) is 0. The molecule has 0 amide bonds. The molecule has 1 saturated heterocycles. The van der Waals surface area contributed by atoms with E-state index in [9.17, 15) is 0 Å². The maximum Gasteiger partial charge on any atom is 0.116 e. The molecule has 3 heterocycles. The fourth-order valence-electron chi connectivity index (χ4n) is 1.79. The number of rotatable bonds is 2. The first-order valence-corrected chi connectivity index (χ1v) is 5.37. The first-order chi connectivity index (χ1) is 7.75. The molecule has 0 radical (unpaired) electrons. The molecule has 0 spiro atoms. The van der Waals surface area contributed by atoms with Crippen LogP contribution in [0.4, 0.5) is 0 Å². The van der Waals surface area contributed by atoms with E-state index in [1.165, 1.54) is 0 Å². The number of nitrogens with zero attached hydrogens (tertiary/aromatic N) is 5. The van der Waals surface area contributed by atoms with Crippen LogP contribution in [0, 0.1) is 6.92 Å². The minimum absolute atomic E-state index is 0.457. The highest BCUT2D eigenvalue weighted by Gasteiger charge is 2.21. The van der Waals surface area contributed by atoms with Crippen LogP contribution < -0.4 is 5.32 Å². The normalized spacial score (nSPS) is 16.4. The third kappa shape index (κ3) is 1.34. The molecular weight excluding hydrogens is 204 g/mol. The Kier molecular flexibility index (Phi) is 2.03. The minimum Gasteiger partial charge on any atom is -0.312 e. The van der Waals surface area contributed by atoms with Crippen molar-refractivity contribution in [2.75, 3.05) is 13.1 Å². The molecule has 1 aliphatic heterocycles. The highest BCUT2D eigenvalue weighted by atomic mass is 15.5. The van der Waals surface area contributed by atoms with Gasteiger partial charge in [0, 0.05) is 31.4 Å². The second-order valence-corrected chi connectivity index (χ2v) is 4.16. The minimum atomic E-state index is 0.457. The summed E-state index contributed by atoms with van der Waals surface area (Å²) < 4.78 is 3.78. The van der Waals surface area contributed by atoms with Crippen LogP contribution in [0.3, 0.4) is 0 Å². The van der Waals surface area contributed by atoms with E-state index in [0.717, 1.165) is 30.0 Å². The van der Waals surface area contributed by atoms with Crippen molar-refractivity contribution in [3.63, 3.8) is 0 Å². The van der Waals surface area contributed by atoms with Gasteiger partial charge in [0.15, 0.2) is 0 Å². The van der Waals surface area contributed by atoms with Gasteiger partial charge in [-0.3, -0.25) is 4.68 Å². The fourth-order valence-corrected chi connectivity index (χ4v) is 1.79. The van der Waals surface area contributed by atoms with Crippen molar-refractivity contribution in [3.05, 3.63) is 18.1 Å². The molecular formula is C10H14N6. The molecule has 0 saturated carbocycles. The Labute approximate surface area is 93.3 Å². The molecule has 1 fully saturated rings. The average molecular weight is 218 g/mol. The van der Waals surface area contributed by atoms with Crippen molar-refractivity contribution >= 4 is 0 Å². The van der Waals surface area contributed by atoms with Crippen molar-refractivity contribution in [2.24, 2.45) is 7.05 Å². The fraction of sp³-hybridized carbons (Fsp3) is 0.500. The van der Waals surface area contributed by atoms with Crippen LogP contribution in [-0.4, -0.2) is 37.9 Å². The SMILES string of the molecule is Cc1c(-c2cn(C3CNC3)nn2)cnn1C. The summed E-state index contributed by atoms with van der Waals surface area (Å²) >= 11 is 0. The Morgan fingerprint density at radius 2 is 2.25 bits per heavy atom. The standard InChI is InChI=1S/C10H14N6/c1-7-9(5-12-15(7)2)10-6-16(14-13-10)8-3-11-4-8/h5-6,8,11H,3-4H2,1-2H3. The van der Waals surface area contributed by atoms with Crippen molar-refractivity contribution in [3.8, 4) is 11.3 Å². The molecule has 0 aromatic carbocycles. The number of aromatic nitrogens is 5. The second kappa shape index (κ2) is 3.41. The molecule has 0 aliphatic carbocycles. The van der Waals surface area contributed by atoms with Gasteiger partial charge in [0.1, 0.15) is 5.69 Å². The number of nitrogens with one attached hydrogen (secondary N) is 1. The largest absolute Gasteiger partial charge is 0.312 e. The van der Waals surface area contributed by atoms with Gasteiger partial charge in [-0.25, -0.2) is 4.68 Å². The zero-order chi connectivity index (χ0) is 11.1. The molecule has 1 aliphatic rings. The van der Waals surface area contributed by atoms with Crippen LogP contribution in [0.15, 0.2) is 12.4 Å². The van der Waals surface area contributed by atoms with Gasteiger partial charge < -0.3 is 5.32 Å². The summed E-state index contributed by atoms with van der Waals surface area (Å²) in [7, 11) is 1.93. The van der Waals surface area contributed by atoms with E-state index >= 15 is 0 Å².